The van der Waals surface area contributed by atoms with Gasteiger partial charge in [-0.25, -0.2) is 8.42 Å². The molecule has 1 aliphatic heterocycles. The maximum absolute atomic E-state index is 13.6. The summed E-state index contributed by atoms with van der Waals surface area (Å²) in [6, 6.07) is 6.03. The summed E-state index contributed by atoms with van der Waals surface area (Å²) in [5.41, 5.74) is 0.295. The maximum Gasteiger partial charge on any atom is 0.573 e. The van der Waals surface area contributed by atoms with Gasteiger partial charge < -0.3 is 19.7 Å². The van der Waals surface area contributed by atoms with Gasteiger partial charge in [0, 0.05) is 26.2 Å². The van der Waals surface area contributed by atoms with Crippen LogP contribution in [-0.4, -0.2) is 76.8 Å². The van der Waals surface area contributed by atoms with Crippen LogP contribution >= 0.6 is 11.3 Å². The van der Waals surface area contributed by atoms with E-state index in [4.69, 9.17) is 0 Å². The molecule has 1 N–H and O–H groups in total. The van der Waals surface area contributed by atoms with E-state index in [0.717, 1.165) is 40.7 Å². The van der Waals surface area contributed by atoms with E-state index in [1.807, 2.05) is 0 Å². The number of rotatable bonds is 8. The molecule has 0 spiro atoms. The van der Waals surface area contributed by atoms with Gasteiger partial charge in [0.2, 0.25) is 26.0 Å². The fraction of sp³-hybridized carbons (Fsp3) is 0.333. The van der Waals surface area contributed by atoms with Gasteiger partial charge in [-0.15, -0.1) is 41.6 Å². The molecule has 47 heavy (non-hydrogen) atoms. The summed E-state index contributed by atoms with van der Waals surface area (Å²) in [4.78, 5) is 14.1. The third kappa shape index (κ3) is 7.96. The number of piperazine rings is 1. The van der Waals surface area contributed by atoms with Gasteiger partial charge in [0.1, 0.15) is 17.5 Å². The van der Waals surface area contributed by atoms with E-state index >= 15 is 0 Å². The zero-order valence-corrected chi connectivity index (χ0v) is 24.6. The van der Waals surface area contributed by atoms with Gasteiger partial charge in [-0.2, -0.15) is 22.0 Å². The molecule has 23 heteroatoms. The van der Waals surface area contributed by atoms with Crippen molar-refractivity contribution in [2.24, 2.45) is 0 Å². The number of ether oxygens (including phenoxy) is 2. The molecular weight excluding hydrogens is 701 g/mol. The number of nitrogens with one attached hydrogen (secondary N) is 1. The van der Waals surface area contributed by atoms with Crippen molar-refractivity contribution in [2.75, 3.05) is 24.5 Å². The lowest BCUT2D eigenvalue weighted by Crippen LogP contribution is -2.60. The van der Waals surface area contributed by atoms with Crippen molar-refractivity contribution in [1.29, 1.82) is 0 Å². The highest BCUT2D eigenvalue weighted by Gasteiger charge is 2.42. The summed E-state index contributed by atoms with van der Waals surface area (Å²) in [6.45, 7) is -1.32. The van der Waals surface area contributed by atoms with Crippen molar-refractivity contribution in [3.05, 3.63) is 59.9 Å². The second-order valence-electron chi connectivity index (χ2n) is 9.61. The van der Waals surface area contributed by atoms with Crippen LogP contribution < -0.4 is 19.7 Å². The van der Waals surface area contributed by atoms with Crippen LogP contribution in [0.2, 0.25) is 0 Å². The van der Waals surface area contributed by atoms with Crippen molar-refractivity contribution in [2.45, 2.75) is 36.4 Å². The van der Waals surface area contributed by atoms with Crippen LogP contribution in [0.5, 0.6) is 11.5 Å². The Kier molecular flexibility index (Phi) is 8.91. The summed E-state index contributed by atoms with van der Waals surface area (Å²) in [5, 5.41) is 12.8. The van der Waals surface area contributed by atoms with E-state index in [0.29, 0.717) is 21.4 Å². The summed E-state index contributed by atoms with van der Waals surface area (Å²) < 4.78 is 151. The number of benzene rings is 2. The molecule has 0 aliphatic carbocycles. The zero-order chi connectivity index (χ0) is 34.4. The minimum atomic E-state index is -5.04. The van der Waals surface area contributed by atoms with Crippen molar-refractivity contribution in [3.63, 3.8) is 0 Å². The highest BCUT2D eigenvalue weighted by atomic mass is 32.2. The Morgan fingerprint density at radius 2 is 1.45 bits per heavy atom. The summed E-state index contributed by atoms with van der Waals surface area (Å²) >= 11 is 0.688. The van der Waals surface area contributed by atoms with E-state index < -0.39 is 76.2 Å². The van der Waals surface area contributed by atoms with Crippen LogP contribution in [-0.2, 0) is 27.5 Å². The second-order valence-corrected chi connectivity index (χ2v) is 12.4. The third-order valence-corrected chi connectivity index (χ3v) is 9.31. The molecule has 1 saturated heterocycles. The van der Waals surface area contributed by atoms with E-state index in [2.05, 4.69) is 30.1 Å². The number of halogens is 9. The Bertz CT molecular complexity index is 1840. The van der Waals surface area contributed by atoms with Gasteiger partial charge in [0.25, 0.3) is 5.82 Å². The number of hydrogen-bond acceptors (Lipinski definition) is 10. The molecule has 2 aromatic heterocycles. The first-order valence-corrected chi connectivity index (χ1v) is 15.1. The SMILES string of the molecule is O=C(NCc1ccc(OC(F)(F)F)cc1)C1CN(c2nn3c(C(F)(F)F)nnc3s2)CCN1S(=O)(=O)c1ccc(OC(F)(F)F)cc1. The zero-order valence-electron chi connectivity index (χ0n) is 23.0. The number of sulfonamides is 1. The number of carbonyl (C=O) groups excluding carboxylic acids is 1. The smallest absolute Gasteiger partial charge is 0.406 e. The first-order valence-electron chi connectivity index (χ1n) is 12.8. The van der Waals surface area contributed by atoms with Gasteiger partial charge >= 0.3 is 18.9 Å². The van der Waals surface area contributed by atoms with Crippen LogP contribution in [0, 0.1) is 0 Å². The monoisotopic (exact) mass is 719 g/mol. The minimum absolute atomic E-state index is 0.0517. The number of anilines is 1. The van der Waals surface area contributed by atoms with Crippen molar-refractivity contribution in [1.82, 2.24) is 29.4 Å². The number of nitrogens with zero attached hydrogens (tertiary/aromatic N) is 6. The van der Waals surface area contributed by atoms with E-state index in [-0.39, 0.29) is 23.2 Å². The first-order chi connectivity index (χ1) is 21.8. The fourth-order valence-corrected chi connectivity index (χ4v) is 6.86. The number of fused-ring (bicyclic) bond motifs is 1. The molecule has 12 nitrogen and oxygen atoms in total. The molecule has 1 atom stereocenters. The first kappa shape index (κ1) is 34.0. The van der Waals surface area contributed by atoms with Crippen LogP contribution in [0.25, 0.3) is 4.96 Å². The minimum Gasteiger partial charge on any atom is -0.406 e. The average Bonchev–Trinajstić information content (AvgIpc) is 3.56. The van der Waals surface area contributed by atoms with E-state index in [1.165, 1.54) is 17.0 Å². The highest BCUT2D eigenvalue weighted by molar-refractivity contribution is 7.89. The van der Waals surface area contributed by atoms with Gasteiger partial charge in [-0.05, 0) is 42.0 Å². The Morgan fingerprint density at radius 3 is 2.00 bits per heavy atom. The number of carbonyl (C=O) groups is 1. The lowest BCUT2D eigenvalue weighted by atomic mass is 10.2. The Labute approximate surface area is 261 Å². The molecule has 1 amide bonds. The van der Waals surface area contributed by atoms with Crippen molar-refractivity contribution in [3.8, 4) is 11.5 Å². The van der Waals surface area contributed by atoms with Crippen molar-refractivity contribution >= 4 is 37.4 Å². The second kappa shape index (κ2) is 12.3. The molecule has 3 heterocycles. The Morgan fingerprint density at radius 1 is 0.872 bits per heavy atom. The Balaban J connectivity index is 1.40. The van der Waals surface area contributed by atoms with Crippen LogP contribution in [0.1, 0.15) is 11.4 Å². The topological polar surface area (TPSA) is 131 Å². The van der Waals surface area contributed by atoms with Gasteiger partial charge in [0.05, 0.1) is 4.90 Å². The van der Waals surface area contributed by atoms with Gasteiger partial charge in [-0.1, -0.05) is 23.5 Å². The fourth-order valence-electron chi connectivity index (χ4n) is 4.42. The normalized spacial score (nSPS) is 16.8. The molecule has 0 radical (unpaired) electrons. The van der Waals surface area contributed by atoms with Gasteiger partial charge in [-0.3, -0.25) is 4.79 Å². The lowest BCUT2D eigenvalue weighted by Gasteiger charge is -2.39. The summed E-state index contributed by atoms with van der Waals surface area (Å²) in [5.74, 6) is -3.55. The third-order valence-electron chi connectivity index (χ3n) is 6.43. The largest absolute Gasteiger partial charge is 0.573 e. The van der Waals surface area contributed by atoms with Gasteiger partial charge in [0.15, 0.2) is 0 Å². The lowest BCUT2D eigenvalue weighted by molar-refractivity contribution is -0.275. The number of amides is 1. The van der Waals surface area contributed by atoms with E-state index in [1.54, 1.807) is 0 Å². The quantitative estimate of drug-likeness (QED) is 0.267. The molecule has 5 rings (SSSR count). The Hall–Kier alpha value is -4.38. The van der Waals surface area contributed by atoms with Crippen LogP contribution in [0.3, 0.4) is 0 Å². The average molecular weight is 720 g/mol. The standard InChI is InChI=1S/C24H18F9N7O5S2/c25-22(26,27)19-35-36-20-40(19)37-21(46-20)38-9-10-39(47(42,43)16-7-5-15(6-8-16)45-24(31,32)33)17(12-38)18(41)34-11-13-1-3-14(4-2-13)44-23(28,29)30/h1-8,17H,9-12H2,(H,34,41). The number of hydrogen-bond donors (Lipinski definition) is 1. The molecule has 1 aliphatic rings. The molecular formula is C24H18F9N7O5S2. The molecule has 0 bridgehead atoms. The molecule has 1 fully saturated rings. The van der Waals surface area contributed by atoms with Crippen LogP contribution in [0.4, 0.5) is 44.6 Å². The highest BCUT2D eigenvalue weighted by Crippen LogP contribution is 2.33. The molecule has 4 aromatic rings. The molecule has 2 aromatic carbocycles. The van der Waals surface area contributed by atoms with E-state index in [9.17, 15) is 52.7 Å². The number of alkyl halides is 9. The van der Waals surface area contributed by atoms with Crippen LogP contribution in [0.15, 0.2) is 53.4 Å². The molecule has 1 unspecified atom stereocenters. The maximum atomic E-state index is 13.6. The summed E-state index contributed by atoms with van der Waals surface area (Å²) in [7, 11) is -4.58. The molecule has 0 saturated carbocycles. The predicted molar refractivity (Wildman–Crippen MR) is 142 cm³/mol. The number of aromatic nitrogens is 4. The van der Waals surface area contributed by atoms with Crippen molar-refractivity contribution < 1.29 is 62.2 Å². The summed E-state index contributed by atoms with van der Waals surface area (Å²) in [6.07, 6.45) is -14.9. The predicted octanol–water partition coefficient (Wildman–Crippen LogP) is 4.20. The molecule has 254 valence electrons.